The number of aromatic nitrogens is 2. The molecule has 2 aromatic carbocycles. The lowest BCUT2D eigenvalue weighted by Gasteiger charge is -2.14. The molecule has 0 aliphatic carbocycles. The number of carbonyl (C=O) groups is 1. The summed E-state index contributed by atoms with van der Waals surface area (Å²) in [5.41, 5.74) is 3.59. The lowest BCUT2D eigenvalue weighted by Crippen LogP contribution is -2.22. The highest BCUT2D eigenvalue weighted by atomic mass is 32.2. The van der Waals surface area contributed by atoms with Gasteiger partial charge in [-0.2, -0.15) is 0 Å². The summed E-state index contributed by atoms with van der Waals surface area (Å²) in [4.78, 5) is 20.4. The van der Waals surface area contributed by atoms with Crippen molar-refractivity contribution >= 4 is 34.4 Å². The van der Waals surface area contributed by atoms with E-state index in [-0.39, 0.29) is 11.2 Å². The molecule has 1 amide bonds. The number of nitrogens with one attached hydrogen (secondary N) is 2. The van der Waals surface area contributed by atoms with E-state index in [0.717, 1.165) is 16.6 Å². The molecule has 1 aromatic heterocycles. The van der Waals surface area contributed by atoms with E-state index in [1.54, 1.807) is 32.4 Å². The summed E-state index contributed by atoms with van der Waals surface area (Å²) in [5.74, 6) is 1.09. The molecule has 0 aliphatic rings. The number of hydrogen-bond acceptors (Lipinski definition) is 5. The highest BCUT2D eigenvalue weighted by molar-refractivity contribution is 8.00. The van der Waals surface area contributed by atoms with Gasteiger partial charge in [0.25, 0.3) is 0 Å². The number of ether oxygens (including phenoxy) is 2. The number of carbonyl (C=O) groups excluding carboxylic acids is 1. The van der Waals surface area contributed by atoms with Gasteiger partial charge in [-0.05, 0) is 43.7 Å². The third-order valence-corrected chi connectivity index (χ3v) is 4.92. The van der Waals surface area contributed by atoms with Crippen LogP contribution >= 0.6 is 11.8 Å². The van der Waals surface area contributed by atoms with Crippen molar-refractivity contribution in [3.8, 4) is 11.5 Å². The average molecular weight is 371 g/mol. The third-order valence-electron chi connectivity index (χ3n) is 3.94. The normalized spacial score (nSPS) is 12.0. The van der Waals surface area contributed by atoms with E-state index in [4.69, 9.17) is 9.47 Å². The first-order chi connectivity index (χ1) is 12.5. The van der Waals surface area contributed by atoms with E-state index in [1.165, 1.54) is 11.8 Å². The first-order valence-electron chi connectivity index (χ1n) is 8.16. The largest absolute Gasteiger partial charge is 0.497 e. The summed E-state index contributed by atoms with van der Waals surface area (Å²) >= 11 is 1.38. The molecule has 0 fully saturated rings. The number of methoxy groups -OCH3 is 2. The molecule has 1 heterocycles. The Morgan fingerprint density at radius 1 is 1.19 bits per heavy atom. The average Bonchev–Trinajstić information content (AvgIpc) is 3.02. The number of thioether (sulfide) groups is 1. The molecule has 2 N–H and O–H groups in total. The molecule has 3 aromatic rings. The molecule has 0 saturated carbocycles. The Balaban J connectivity index is 1.73. The maximum Gasteiger partial charge on any atom is 0.237 e. The molecule has 6 nitrogen and oxygen atoms in total. The molecule has 1 atom stereocenters. The van der Waals surface area contributed by atoms with E-state index < -0.39 is 0 Å². The van der Waals surface area contributed by atoms with E-state index in [0.29, 0.717) is 22.3 Å². The summed E-state index contributed by atoms with van der Waals surface area (Å²) in [6.45, 7) is 3.87. The molecule has 7 heteroatoms. The minimum Gasteiger partial charge on any atom is -0.497 e. The Morgan fingerprint density at radius 2 is 2.00 bits per heavy atom. The zero-order chi connectivity index (χ0) is 18.7. The van der Waals surface area contributed by atoms with Gasteiger partial charge in [0.2, 0.25) is 5.91 Å². The van der Waals surface area contributed by atoms with Crippen LogP contribution in [0.4, 0.5) is 5.69 Å². The van der Waals surface area contributed by atoms with Crippen LogP contribution in [0.1, 0.15) is 12.5 Å². The van der Waals surface area contributed by atoms with E-state index in [1.807, 2.05) is 32.0 Å². The van der Waals surface area contributed by atoms with Crippen molar-refractivity contribution in [3.05, 3.63) is 42.0 Å². The monoisotopic (exact) mass is 371 g/mol. The van der Waals surface area contributed by atoms with Crippen molar-refractivity contribution in [1.82, 2.24) is 9.97 Å². The Kier molecular flexibility index (Phi) is 5.37. The fourth-order valence-electron chi connectivity index (χ4n) is 2.52. The Labute approximate surface area is 156 Å². The zero-order valence-electron chi connectivity index (χ0n) is 15.1. The minimum atomic E-state index is -0.340. The van der Waals surface area contributed by atoms with Crippen LogP contribution in [0.15, 0.2) is 41.6 Å². The van der Waals surface area contributed by atoms with Gasteiger partial charge in [0.15, 0.2) is 5.16 Å². The summed E-state index contributed by atoms with van der Waals surface area (Å²) < 4.78 is 10.5. The Morgan fingerprint density at radius 3 is 2.73 bits per heavy atom. The van der Waals surface area contributed by atoms with Crippen LogP contribution in [-0.4, -0.2) is 35.3 Å². The minimum absolute atomic E-state index is 0.141. The molecule has 0 aliphatic heterocycles. The zero-order valence-corrected chi connectivity index (χ0v) is 15.9. The Hall–Kier alpha value is -2.67. The number of aryl methyl sites for hydroxylation is 1. The van der Waals surface area contributed by atoms with Crippen LogP contribution in [0.5, 0.6) is 11.5 Å². The van der Waals surface area contributed by atoms with E-state index in [2.05, 4.69) is 15.3 Å². The number of aromatic amines is 1. The highest BCUT2D eigenvalue weighted by Crippen LogP contribution is 2.30. The van der Waals surface area contributed by atoms with Gasteiger partial charge >= 0.3 is 0 Å². The molecule has 0 radical (unpaired) electrons. The number of H-pyrrole nitrogens is 1. The number of amides is 1. The van der Waals surface area contributed by atoms with Crippen LogP contribution in [-0.2, 0) is 4.79 Å². The lowest BCUT2D eigenvalue weighted by molar-refractivity contribution is -0.115. The second-order valence-electron chi connectivity index (χ2n) is 5.88. The first kappa shape index (κ1) is 18.1. The van der Waals surface area contributed by atoms with Crippen molar-refractivity contribution in [3.63, 3.8) is 0 Å². The topological polar surface area (TPSA) is 76.2 Å². The SMILES string of the molecule is COc1ccc(OC)c(NC(=O)C(C)Sc2nc3ccc(C)cc3[nH]2)c1. The number of hydrogen-bond donors (Lipinski definition) is 2. The number of fused-ring (bicyclic) bond motifs is 1. The lowest BCUT2D eigenvalue weighted by atomic mass is 10.2. The summed E-state index contributed by atoms with van der Waals surface area (Å²) in [7, 11) is 3.14. The molecule has 26 heavy (non-hydrogen) atoms. The van der Waals surface area contributed by atoms with Crippen LogP contribution < -0.4 is 14.8 Å². The number of imidazole rings is 1. The van der Waals surface area contributed by atoms with Crippen molar-refractivity contribution in [2.24, 2.45) is 0 Å². The maximum atomic E-state index is 12.6. The maximum absolute atomic E-state index is 12.6. The van der Waals surface area contributed by atoms with Crippen LogP contribution in [0.2, 0.25) is 0 Å². The van der Waals surface area contributed by atoms with Gasteiger partial charge in [-0.15, -0.1) is 0 Å². The Bertz CT molecular complexity index is 939. The second-order valence-corrected chi connectivity index (χ2v) is 7.21. The molecule has 1 unspecified atom stereocenters. The summed E-state index contributed by atoms with van der Waals surface area (Å²) in [6, 6.07) is 11.3. The summed E-state index contributed by atoms with van der Waals surface area (Å²) in [5, 5.41) is 3.27. The fourth-order valence-corrected chi connectivity index (χ4v) is 3.34. The molecule has 3 rings (SSSR count). The van der Waals surface area contributed by atoms with Crippen LogP contribution in [0.3, 0.4) is 0 Å². The number of benzene rings is 2. The molecule has 0 spiro atoms. The van der Waals surface area contributed by atoms with Gasteiger partial charge in [0.05, 0.1) is 36.2 Å². The number of anilines is 1. The van der Waals surface area contributed by atoms with Gasteiger partial charge in [0, 0.05) is 6.07 Å². The van der Waals surface area contributed by atoms with Gasteiger partial charge < -0.3 is 19.8 Å². The quantitative estimate of drug-likeness (QED) is 0.640. The van der Waals surface area contributed by atoms with Crippen molar-refractivity contribution in [2.75, 3.05) is 19.5 Å². The molecule has 0 saturated heterocycles. The van der Waals surface area contributed by atoms with Gasteiger partial charge in [-0.1, -0.05) is 17.8 Å². The third kappa shape index (κ3) is 3.94. The van der Waals surface area contributed by atoms with Gasteiger partial charge in [-0.25, -0.2) is 4.98 Å². The van der Waals surface area contributed by atoms with E-state index in [9.17, 15) is 4.79 Å². The smallest absolute Gasteiger partial charge is 0.237 e. The predicted molar refractivity (Wildman–Crippen MR) is 104 cm³/mol. The van der Waals surface area contributed by atoms with Gasteiger partial charge in [-0.3, -0.25) is 4.79 Å². The van der Waals surface area contributed by atoms with E-state index >= 15 is 0 Å². The molecule has 136 valence electrons. The first-order valence-corrected chi connectivity index (χ1v) is 9.04. The fraction of sp³-hybridized carbons (Fsp3) is 0.263. The molecule has 0 bridgehead atoms. The standard InChI is InChI=1S/C19H21N3O3S/c1-11-5-7-14-15(9-11)22-19(21-14)26-12(2)18(23)20-16-10-13(24-3)6-8-17(16)25-4/h5-10,12H,1-4H3,(H,20,23)(H,21,22). The number of nitrogens with zero attached hydrogens (tertiary/aromatic N) is 1. The number of rotatable bonds is 6. The second kappa shape index (κ2) is 7.70. The highest BCUT2D eigenvalue weighted by Gasteiger charge is 2.18. The van der Waals surface area contributed by atoms with Crippen LogP contribution in [0.25, 0.3) is 11.0 Å². The molecular weight excluding hydrogens is 350 g/mol. The van der Waals surface area contributed by atoms with Crippen molar-refractivity contribution in [2.45, 2.75) is 24.3 Å². The molecular formula is C19H21N3O3S. The predicted octanol–water partition coefficient (Wildman–Crippen LogP) is 4.01. The van der Waals surface area contributed by atoms with Crippen LogP contribution in [0, 0.1) is 6.92 Å². The van der Waals surface area contributed by atoms with Gasteiger partial charge in [0.1, 0.15) is 11.5 Å². The van der Waals surface area contributed by atoms with Crippen molar-refractivity contribution < 1.29 is 14.3 Å². The van der Waals surface area contributed by atoms with Crippen molar-refractivity contribution in [1.29, 1.82) is 0 Å². The summed E-state index contributed by atoms with van der Waals surface area (Å²) in [6.07, 6.45) is 0.